The average Bonchev–Trinajstić information content (AvgIpc) is 3.19. The molecule has 3 aromatic carbocycles. The third kappa shape index (κ3) is 6.39. The fraction of sp³-hybridized carbons (Fsp3) is 0.261. The summed E-state index contributed by atoms with van der Waals surface area (Å²) in [4.78, 5) is 3.17. The molecule has 0 saturated heterocycles. The summed E-state index contributed by atoms with van der Waals surface area (Å²) < 4.78 is 0. The number of fused-ring (bicyclic) bond motifs is 2. The molecule has 145 valence electrons. The van der Waals surface area contributed by atoms with Crippen molar-refractivity contribution in [2.75, 3.05) is 0 Å². The minimum atomic E-state index is -0.273. The first-order chi connectivity index (χ1) is 11.9. The van der Waals surface area contributed by atoms with E-state index in [-0.39, 0.29) is 65.2 Å². The maximum absolute atomic E-state index is 3.23. The smallest absolute Gasteiger partial charge is 1.00 e. The van der Waals surface area contributed by atoms with Crippen molar-refractivity contribution in [2.45, 2.75) is 39.3 Å². The number of rotatable bonds is 1. The molecule has 0 saturated carbocycles. The molecule has 0 aliphatic rings. The number of benzene rings is 2. The third-order valence-corrected chi connectivity index (χ3v) is 5.91. The van der Waals surface area contributed by atoms with Crippen LogP contribution in [0.1, 0.15) is 26.3 Å². The van der Waals surface area contributed by atoms with Gasteiger partial charge in [0.1, 0.15) is 0 Å². The predicted octanol–water partition coefficient (Wildman–Crippen LogP) is -0.209. The van der Waals surface area contributed by atoms with Gasteiger partial charge >= 0.3 is 26.2 Å². The normalized spacial score (nSPS) is 10.5. The van der Waals surface area contributed by atoms with E-state index >= 15 is 0 Å². The molecule has 5 heteroatoms. The number of H-pyrrole nitrogens is 1. The molecule has 1 N–H and O–H groups in total. The Bertz CT molecular complexity index is 950. The monoisotopic (exact) mass is 504 g/mol. The van der Waals surface area contributed by atoms with Crippen molar-refractivity contribution in [3.8, 4) is 0 Å². The largest absolute Gasteiger partial charge is 4.00 e. The van der Waals surface area contributed by atoms with E-state index in [1.54, 1.807) is 5.19 Å². The number of para-hydroxylation sites is 1. The number of halogens is 2. The quantitative estimate of drug-likeness (QED) is 0.272. The van der Waals surface area contributed by atoms with Gasteiger partial charge in [-0.05, 0) is 5.41 Å². The number of hydrogen-bond donors (Lipinski definition) is 1. The van der Waals surface area contributed by atoms with Gasteiger partial charge in [0.25, 0.3) is 0 Å². The van der Waals surface area contributed by atoms with E-state index in [2.05, 4.69) is 99.6 Å². The summed E-state index contributed by atoms with van der Waals surface area (Å²) in [6.45, 7) is 11.3. The first kappa shape index (κ1) is 27.3. The Morgan fingerprint density at radius 2 is 1.54 bits per heavy atom. The Labute approximate surface area is 202 Å². The second-order valence-electron chi connectivity index (χ2n) is 7.79. The van der Waals surface area contributed by atoms with Gasteiger partial charge in [-0.3, -0.25) is 0 Å². The summed E-state index contributed by atoms with van der Waals surface area (Å²) in [5.41, 5.74) is 2.61. The topological polar surface area (TPSA) is 15.8 Å². The zero-order valence-electron chi connectivity index (χ0n) is 17.0. The van der Waals surface area contributed by atoms with E-state index in [1.165, 1.54) is 27.2 Å². The van der Waals surface area contributed by atoms with Crippen molar-refractivity contribution >= 4 is 35.7 Å². The number of hydrogen-bond acceptors (Lipinski definition) is 0. The Morgan fingerprint density at radius 1 is 0.929 bits per heavy atom. The van der Waals surface area contributed by atoms with Gasteiger partial charge in [0.2, 0.25) is 0 Å². The Balaban J connectivity index is 0.000000471. The van der Waals surface area contributed by atoms with Gasteiger partial charge in [0.05, 0.1) is 8.80 Å². The maximum Gasteiger partial charge on any atom is 4.00 e. The second kappa shape index (κ2) is 11.5. The molecule has 0 aliphatic carbocycles. The van der Waals surface area contributed by atoms with E-state index in [0.29, 0.717) is 0 Å². The van der Waals surface area contributed by atoms with Crippen molar-refractivity contribution in [1.29, 1.82) is 0 Å². The molecule has 4 rings (SSSR count). The van der Waals surface area contributed by atoms with Crippen LogP contribution < -0.4 is 30.0 Å². The Hall–Kier alpha value is -0.730. The Kier molecular flexibility index (Phi) is 11.2. The minimum absolute atomic E-state index is 0. The number of aromatic nitrogens is 1. The van der Waals surface area contributed by atoms with Gasteiger partial charge in [-0.2, -0.15) is 22.0 Å². The summed E-state index contributed by atoms with van der Waals surface area (Å²) in [6, 6.07) is 21.6. The van der Waals surface area contributed by atoms with Crippen LogP contribution in [-0.2, 0) is 31.6 Å². The standard InChI is InChI=1S/C12H14N.C11H12Si.2ClH.Zr/c1-12(2,3)10-8-13-11-7-5-4-6-9(10)11;1-12(2)11-7-9-5-3-4-6-10(9)8-11;;;/h4-7,13H,1-3H3;3-8H,1-2H3;2*1H;/q2*-1;;;+4/p-2. The van der Waals surface area contributed by atoms with Gasteiger partial charge in [0.15, 0.2) is 0 Å². The molecular formula is C23H26Cl2NSiZr. The van der Waals surface area contributed by atoms with E-state index in [4.69, 9.17) is 0 Å². The van der Waals surface area contributed by atoms with E-state index in [0.717, 1.165) is 0 Å². The SMILES string of the molecule is CC(C)(C)c1[c-][nH]c2ccccc12.C[Si](C)c1cc2ccccc2[cH-]1.[Cl-].[Cl-].[Zr+4]. The zero-order valence-corrected chi connectivity index (χ0v) is 22.0. The molecule has 1 nitrogen and oxygen atoms in total. The van der Waals surface area contributed by atoms with Gasteiger partial charge in [-0.15, -0.1) is 59.1 Å². The third-order valence-electron chi connectivity index (χ3n) is 4.46. The molecule has 0 unspecified atom stereocenters. The van der Waals surface area contributed by atoms with Gasteiger partial charge in [-0.25, -0.2) is 0 Å². The van der Waals surface area contributed by atoms with Gasteiger partial charge in [-0.1, -0.05) is 52.1 Å². The number of aromatic amines is 1. The van der Waals surface area contributed by atoms with Crippen LogP contribution in [0, 0.1) is 6.20 Å². The van der Waals surface area contributed by atoms with Crippen LogP contribution in [0.5, 0.6) is 0 Å². The van der Waals surface area contributed by atoms with E-state index in [1.807, 2.05) is 6.07 Å². The molecule has 28 heavy (non-hydrogen) atoms. The molecule has 1 aromatic heterocycles. The van der Waals surface area contributed by atoms with Crippen LogP contribution in [0.4, 0.5) is 0 Å². The van der Waals surface area contributed by atoms with Crippen molar-refractivity contribution < 1.29 is 51.0 Å². The van der Waals surface area contributed by atoms with E-state index < -0.39 is 0 Å². The fourth-order valence-corrected chi connectivity index (χ4v) is 3.93. The number of nitrogens with one attached hydrogen (secondary N) is 1. The molecular weight excluding hydrogens is 480 g/mol. The van der Waals surface area contributed by atoms with Crippen LogP contribution in [0.3, 0.4) is 0 Å². The summed E-state index contributed by atoms with van der Waals surface area (Å²) >= 11 is 0. The van der Waals surface area contributed by atoms with Crippen molar-refractivity contribution in [3.05, 3.63) is 72.4 Å². The molecule has 0 bridgehead atoms. The van der Waals surface area contributed by atoms with E-state index in [9.17, 15) is 0 Å². The summed E-state index contributed by atoms with van der Waals surface area (Å²) in [7, 11) is -0.273. The van der Waals surface area contributed by atoms with Gasteiger partial charge < -0.3 is 29.8 Å². The molecule has 0 atom stereocenters. The molecule has 0 amide bonds. The van der Waals surface area contributed by atoms with Crippen LogP contribution in [-0.4, -0.2) is 13.8 Å². The summed E-state index contributed by atoms with van der Waals surface area (Å²) in [5.74, 6) is 0. The molecule has 0 spiro atoms. The Morgan fingerprint density at radius 3 is 2.14 bits per heavy atom. The van der Waals surface area contributed by atoms with Crippen LogP contribution >= 0.6 is 0 Å². The average molecular weight is 507 g/mol. The summed E-state index contributed by atoms with van der Waals surface area (Å²) in [5, 5.41) is 5.61. The van der Waals surface area contributed by atoms with Crippen molar-refractivity contribution in [2.24, 2.45) is 0 Å². The molecule has 1 radical (unpaired) electrons. The first-order valence-corrected chi connectivity index (χ1v) is 11.3. The molecule has 0 aliphatic heterocycles. The van der Waals surface area contributed by atoms with Crippen molar-refractivity contribution in [3.63, 3.8) is 0 Å². The maximum atomic E-state index is 3.23. The van der Waals surface area contributed by atoms with Crippen LogP contribution in [0.15, 0.2) is 60.7 Å². The predicted molar refractivity (Wildman–Crippen MR) is 112 cm³/mol. The van der Waals surface area contributed by atoms with Crippen molar-refractivity contribution in [1.82, 2.24) is 4.98 Å². The fourth-order valence-electron chi connectivity index (χ4n) is 3.04. The zero-order chi connectivity index (χ0) is 18.0. The first-order valence-electron chi connectivity index (χ1n) is 8.81. The minimum Gasteiger partial charge on any atom is -1.00 e. The van der Waals surface area contributed by atoms with Crippen LogP contribution in [0.25, 0.3) is 21.7 Å². The second-order valence-corrected chi connectivity index (χ2v) is 10.4. The van der Waals surface area contributed by atoms with Gasteiger partial charge in [0, 0.05) is 0 Å². The van der Waals surface area contributed by atoms with Crippen LogP contribution in [0.2, 0.25) is 13.1 Å². The molecule has 0 fully saturated rings. The molecule has 1 heterocycles. The summed E-state index contributed by atoms with van der Waals surface area (Å²) in [6.07, 6.45) is 3.23. The molecule has 4 aromatic rings.